The van der Waals surface area contributed by atoms with Crippen molar-refractivity contribution in [3.8, 4) is 0 Å². The Bertz CT molecular complexity index is 864. The van der Waals surface area contributed by atoms with Crippen molar-refractivity contribution < 1.29 is 4.79 Å². The number of imidazole rings is 1. The van der Waals surface area contributed by atoms with Gasteiger partial charge in [-0.15, -0.1) is 0 Å². The largest absolute Gasteiger partial charge is 0.346 e. The number of carbonyl (C=O) groups excluding carboxylic acids is 1. The maximum absolute atomic E-state index is 12.4. The highest BCUT2D eigenvalue weighted by Gasteiger charge is 2.15. The van der Waals surface area contributed by atoms with Crippen LogP contribution in [0.5, 0.6) is 0 Å². The minimum atomic E-state index is -0.140. The summed E-state index contributed by atoms with van der Waals surface area (Å²) in [5, 5.41) is 3.04. The molecule has 1 aliphatic carbocycles. The third-order valence-corrected chi connectivity index (χ3v) is 4.72. The van der Waals surface area contributed by atoms with Crippen LogP contribution >= 0.6 is 0 Å². The molecule has 24 heavy (non-hydrogen) atoms. The first kappa shape index (κ1) is 14.9. The van der Waals surface area contributed by atoms with E-state index in [-0.39, 0.29) is 11.9 Å². The van der Waals surface area contributed by atoms with E-state index in [1.165, 1.54) is 24.0 Å². The summed E-state index contributed by atoms with van der Waals surface area (Å²) in [7, 11) is 0. The Balaban J connectivity index is 1.43. The van der Waals surface area contributed by atoms with Crippen molar-refractivity contribution in [2.45, 2.75) is 38.6 Å². The number of nitrogens with one attached hydrogen (secondary N) is 2. The quantitative estimate of drug-likeness (QED) is 0.773. The highest BCUT2D eigenvalue weighted by Crippen LogP contribution is 2.23. The van der Waals surface area contributed by atoms with E-state index in [4.69, 9.17) is 0 Å². The van der Waals surface area contributed by atoms with Gasteiger partial charge in [0.2, 0.25) is 5.91 Å². The number of H-pyrrole nitrogens is 1. The van der Waals surface area contributed by atoms with Crippen LogP contribution in [0.15, 0.2) is 42.5 Å². The second-order valence-corrected chi connectivity index (χ2v) is 6.56. The smallest absolute Gasteiger partial charge is 0.224 e. The van der Waals surface area contributed by atoms with Crippen molar-refractivity contribution >= 4 is 16.9 Å². The van der Waals surface area contributed by atoms with Gasteiger partial charge < -0.3 is 10.3 Å². The highest BCUT2D eigenvalue weighted by atomic mass is 16.1. The number of benzene rings is 2. The SMILES string of the molecule is C[C@H](NC(=O)Cc1ccc2c(c1)CCC2)c1nc2ccccc2[nH]1. The molecule has 1 aliphatic rings. The molecule has 4 rings (SSSR count). The molecule has 0 saturated heterocycles. The lowest BCUT2D eigenvalue weighted by molar-refractivity contribution is -0.121. The molecule has 0 saturated carbocycles. The summed E-state index contributed by atoms with van der Waals surface area (Å²) in [6.45, 7) is 1.96. The zero-order valence-corrected chi connectivity index (χ0v) is 13.8. The molecule has 1 aromatic heterocycles. The molecular weight excluding hydrogens is 298 g/mol. The van der Waals surface area contributed by atoms with E-state index in [1.54, 1.807) is 0 Å². The molecule has 0 unspecified atom stereocenters. The lowest BCUT2D eigenvalue weighted by Crippen LogP contribution is -2.28. The molecule has 1 amide bonds. The molecular formula is C20H21N3O. The Morgan fingerprint density at radius 1 is 1.21 bits per heavy atom. The summed E-state index contributed by atoms with van der Waals surface area (Å²) in [6.07, 6.45) is 3.96. The van der Waals surface area contributed by atoms with Crippen molar-refractivity contribution in [2.75, 3.05) is 0 Å². The standard InChI is InChI=1S/C20H21N3O/c1-13(20-22-17-7-2-3-8-18(17)23-20)21-19(24)12-14-9-10-15-5-4-6-16(15)11-14/h2-3,7-11,13H,4-6,12H2,1H3,(H,21,24)(H,22,23)/t13-/m0/s1. The number of para-hydroxylation sites is 2. The molecule has 4 nitrogen and oxygen atoms in total. The van der Waals surface area contributed by atoms with Gasteiger partial charge in [0.1, 0.15) is 5.82 Å². The predicted molar refractivity (Wildman–Crippen MR) is 94.8 cm³/mol. The van der Waals surface area contributed by atoms with E-state index in [2.05, 4.69) is 33.5 Å². The van der Waals surface area contributed by atoms with Gasteiger partial charge in [-0.25, -0.2) is 4.98 Å². The Labute approximate surface area is 141 Å². The molecule has 2 aromatic carbocycles. The fourth-order valence-electron chi connectivity index (χ4n) is 3.46. The van der Waals surface area contributed by atoms with Gasteiger partial charge >= 0.3 is 0 Å². The fraction of sp³-hybridized carbons (Fsp3) is 0.300. The molecule has 0 radical (unpaired) electrons. The van der Waals surface area contributed by atoms with Crippen LogP contribution in [0.4, 0.5) is 0 Å². The van der Waals surface area contributed by atoms with Crippen LogP contribution in [0.1, 0.15) is 41.9 Å². The van der Waals surface area contributed by atoms with E-state index in [9.17, 15) is 4.79 Å². The number of hydrogen-bond donors (Lipinski definition) is 2. The third-order valence-electron chi connectivity index (χ3n) is 4.72. The number of fused-ring (bicyclic) bond motifs is 2. The van der Waals surface area contributed by atoms with Crippen LogP contribution in [0.25, 0.3) is 11.0 Å². The molecule has 122 valence electrons. The maximum Gasteiger partial charge on any atom is 0.224 e. The Hall–Kier alpha value is -2.62. The van der Waals surface area contributed by atoms with Crippen LogP contribution in [-0.2, 0) is 24.1 Å². The van der Waals surface area contributed by atoms with Crippen LogP contribution in [0.3, 0.4) is 0 Å². The third kappa shape index (κ3) is 2.92. The van der Waals surface area contributed by atoms with Crippen LogP contribution < -0.4 is 5.32 Å². The Morgan fingerprint density at radius 2 is 2.04 bits per heavy atom. The normalized spacial score (nSPS) is 14.5. The number of nitrogens with zero attached hydrogens (tertiary/aromatic N) is 1. The molecule has 1 atom stereocenters. The summed E-state index contributed by atoms with van der Waals surface area (Å²) in [5.41, 5.74) is 5.85. The van der Waals surface area contributed by atoms with E-state index >= 15 is 0 Å². The van der Waals surface area contributed by atoms with Crippen molar-refractivity contribution in [3.63, 3.8) is 0 Å². The van der Waals surface area contributed by atoms with Gasteiger partial charge in [-0.3, -0.25) is 4.79 Å². The molecule has 3 aromatic rings. The summed E-state index contributed by atoms with van der Waals surface area (Å²) in [6, 6.07) is 14.2. The second kappa shape index (κ2) is 6.11. The van der Waals surface area contributed by atoms with Gasteiger partial charge in [-0.2, -0.15) is 0 Å². The first-order valence-corrected chi connectivity index (χ1v) is 8.54. The molecule has 0 spiro atoms. The maximum atomic E-state index is 12.4. The van der Waals surface area contributed by atoms with Gasteiger partial charge in [-0.1, -0.05) is 30.3 Å². The molecule has 4 heteroatoms. The van der Waals surface area contributed by atoms with Gasteiger partial charge in [0, 0.05) is 0 Å². The van der Waals surface area contributed by atoms with E-state index in [0.717, 1.165) is 28.8 Å². The van der Waals surface area contributed by atoms with Crippen molar-refractivity contribution in [1.82, 2.24) is 15.3 Å². The highest BCUT2D eigenvalue weighted by molar-refractivity contribution is 5.79. The number of aromatic amines is 1. The number of aromatic nitrogens is 2. The molecule has 0 aliphatic heterocycles. The topological polar surface area (TPSA) is 57.8 Å². The first-order chi connectivity index (χ1) is 11.7. The van der Waals surface area contributed by atoms with E-state index in [0.29, 0.717) is 6.42 Å². The summed E-state index contributed by atoms with van der Waals surface area (Å²) in [5.74, 6) is 0.819. The van der Waals surface area contributed by atoms with Crippen LogP contribution in [0.2, 0.25) is 0 Å². The molecule has 1 heterocycles. The first-order valence-electron chi connectivity index (χ1n) is 8.54. The van der Waals surface area contributed by atoms with Crippen molar-refractivity contribution in [1.29, 1.82) is 0 Å². The molecule has 0 bridgehead atoms. The predicted octanol–water partition coefficient (Wildman–Crippen LogP) is 3.47. The number of hydrogen-bond acceptors (Lipinski definition) is 2. The Morgan fingerprint density at radius 3 is 2.92 bits per heavy atom. The van der Waals surface area contributed by atoms with Crippen molar-refractivity contribution in [3.05, 3.63) is 65.0 Å². The van der Waals surface area contributed by atoms with Crippen molar-refractivity contribution in [2.24, 2.45) is 0 Å². The lowest BCUT2D eigenvalue weighted by Gasteiger charge is -2.12. The second-order valence-electron chi connectivity index (χ2n) is 6.56. The zero-order valence-electron chi connectivity index (χ0n) is 13.8. The zero-order chi connectivity index (χ0) is 16.5. The number of carbonyl (C=O) groups is 1. The average Bonchev–Trinajstić information content (AvgIpc) is 3.20. The average molecular weight is 319 g/mol. The van der Waals surface area contributed by atoms with Crippen LogP contribution in [0, 0.1) is 0 Å². The Kier molecular flexibility index (Phi) is 3.81. The molecule has 0 fully saturated rings. The summed E-state index contributed by atoms with van der Waals surface area (Å²) >= 11 is 0. The minimum Gasteiger partial charge on any atom is -0.346 e. The summed E-state index contributed by atoms with van der Waals surface area (Å²) in [4.78, 5) is 20.2. The fourth-order valence-corrected chi connectivity index (χ4v) is 3.46. The van der Waals surface area contributed by atoms with Gasteiger partial charge in [0.15, 0.2) is 0 Å². The minimum absolute atomic E-state index is 0.0286. The van der Waals surface area contributed by atoms with E-state index < -0.39 is 0 Å². The van der Waals surface area contributed by atoms with Gasteiger partial charge in [-0.05, 0) is 55.0 Å². The van der Waals surface area contributed by atoms with E-state index in [1.807, 2.05) is 31.2 Å². The number of rotatable bonds is 4. The summed E-state index contributed by atoms with van der Waals surface area (Å²) < 4.78 is 0. The number of amides is 1. The molecule has 2 N–H and O–H groups in total. The van der Waals surface area contributed by atoms with Crippen LogP contribution in [-0.4, -0.2) is 15.9 Å². The monoisotopic (exact) mass is 319 g/mol. The number of aryl methyl sites for hydroxylation is 2. The van der Waals surface area contributed by atoms with Gasteiger partial charge in [0.25, 0.3) is 0 Å². The van der Waals surface area contributed by atoms with Gasteiger partial charge in [0.05, 0.1) is 23.5 Å². The lowest BCUT2D eigenvalue weighted by atomic mass is 10.0.